The van der Waals surface area contributed by atoms with Crippen molar-refractivity contribution in [1.29, 1.82) is 5.26 Å². The first-order valence-corrected chi connectivity index (χ1v) is 14.1. The summed E-state index contributed by atoms with van der Waals surface area (Å²) >= 11 is 2.45. The Morgan fingerprint density at radius 1 is 1.31 bits per heavy atom. The van der Waals surface area contributed by atoms with Crippen LogP contribution in [0, 0.1) is 17.1 Å². The van der Waals surface area contributed by atoms with Gasteiger partial charge in [-0.05, 0) is 35.6 Å². The van der Waals surface area contributed by atoms with Crippen molar-refractivity contribution in [2.24, 2.45) is 0 Å². The molecule has 2 aromatic heterocycles. The largest absolute Gasteiger partial charge is 0.305 e. The number of thiophene rings is 1. The number of rotatable bonds is 7. The van der Waals surface area contributed by atoms with Crippen LogP contribution in [0.25, 0.3) is 0 Å². The van der Waals surface area contributed by atoms with Crippen molar-refractivity contribution in [1.82, 2.24) is 18.4 Å². The summed E-state index contributed by atoms with van der Waals surface area (Å²) in [5.41, 5.74) is 1.22. The Hall–Kier alpha value is -3.05. The summed E-state index contributed by atoms with van der Waals surface area (Å²) in [6.45, 7) is -0.180. The summed E-state index contributed by atoms with van der Waals surface area (Å²) in [6.07, 6.45) is 0.256. The quantitative estimate of drug-likeness (QED) is 0.416. The summed E-state index contributed by atoms with van der Waals surface area (Å²) in [6, 6.07) is 11.4. The molecule has 1 aromatic carbocycles. The van der Waals surface area contributed by atoms with Crippen molar-refractivity contribution in [3.8, 4) is 6.07 Å². The maximum Gasteiger partial charge on any atom is 0.305 e. The molecule has 13 heteroatoms. The minimum Gasteiger partial charge on any atom is -0.274 e. The second kappa shape index (κ2) is 10.5. The van der Waals surface area contributed by atoms with Crippen LogP contribution in [-0.4, -0.2) is 59.3 Å². The van der Waals surface area contributed by atoms with E-state index in [2.05, 4.69) is 11.2 Å². The Morgan fingerprint density at radius 2 is 2.03 bits per heavy atom. The number of aromatic nitrogens is 2. The van der Waals surface area contributed by atoms with E-state index in [4.69, 9.17) is 0 Å². The average molecular weight is 548 g/mol. The Bertz CT molecular complexity index is 1430. The lowest BCUT2D eigenvalue weighted by Gasteiger charge is -2.32. The molecule has 0 spiro atoms. The Kier molecular flexibility index (Phi) is 7.60. The molecule has 3 heterocycles. The van der Waals surface area contributed by atoms with Crippen LogP contribution in [0.4, 0.5) is 4.39 Å². The van der Waals surface area contributed by atoms with Crippen molar-refractivity contribution < 1.29 is 22.4 Å². The highest BCUT2D eigenvalue weighted by Crippen LogP contribution is 2.36. The molecule has 1 amide bonds. The van der Waals surface area contributed by atoms with Gasteiger partial charge in [0.05, 0.1) is 10.6 Å². The fraction of sp³-hybridized carbons (Fsp3) is 0.304. The third kappa shape index (κ3) is 5.08. The van der Waals surface area contributed by atoms with Crippen LogP contribution in [-0.2, 0) is 20.8 Å². The van der Waals surface area contributed by atoms with Crippen molar-refractivity contribution in [2.45, 2.75) is 29.5 Å². The number of hydrogen-bond donors (Lipinski definition) is 0. The van der Waals surface area contributed by atoms with E-state index >= 15 is 0 Å². The first kappa shape index (κ1) is 26.0. The standard InChI is InChI=1S/C23H22FN5O4S3/c1-27(2)36(32,33)28-13-16(7-10-20(28)30)21-18(12-25)23(35-14-15-5-8-17(24)9-6-15)29(26-21)22(31)19-4-3-11-34-19/h3-6,8-9,11,16H,7,10,13-14H2,1-2H3. The fourth-order valence-corrected chi connectivity index (χ4v) is 6.57. The van der Waals surface area contributed by atoms with Crippen LogP contribution < -0.4 is 0 Å². The van der Waals surface area contributed by atoms with Crippen molar-refractivity contribution in [3.63, 3.8) is 0 Å². The smallest absolute Gasteiger partial charge is 0.274 e. The lowest BCUT2D eigenvalue weighted by Crippen LogP contribution is -2.48. The summed E-state index contributed by atoms with van der Waals surface area (Å²) in [5, 5.41) is 16.6. The second-order valence-electron chi connectivity index (χ2n) is 8.24. The van der Waals surface area contributed by atoms with Crippen LogP contribution in [0.5, 0.6) is 0 Å². The van der Waals surface area contributed by atoms with Gasteiger partial charge in [-0.3, -0.25) is 9.59 Å². The zero-order valence-corrected chi connectivity index (χ0v) is 21.9. The van der Waals surface area contributed by atoms with Gasteiger partial charge in [0, 0.05) is 38.7 Å². The number of benzene rings is 1. The fourth-order valence-electron chi connectivity index (χ4n) is 3.78. The monoisotopic (exact) mass is 547 g/mol. The van der Waals surface area contributed by atoms with Crippen LogP contribution in [0.15, 0.2) is 46.8 Å². The van der Waals surface area contributed by atoms with Gasteiger partial charge in [-0.1, -0.05) is 18.2 Å². The van der Waals surface area contributed by atoms with E-state index in [1.54, 1.807) is 29.6 Å². The molecule has 0 N–H and O–H groups in total. The van der Waals surface area contributed by atoms with Crippen molar-refractivity contribution in [2.75, 3.05) is 20.6 Å². The van der Waals surface area contributed by atoms with Crippen LogP contribution in [0.1, 0.15) is 45.3 Å². The van der Waals surface area contributed by atoms with E-state index < -0.39 is 27.9 Å². The van der Waals surface area contributed by atoms with Gasteiger partial charge in [0.1, 0.15) is 22.5 Å². The van der Waals surface area contributed by atoms with E-state index in [1.165, 1.54) is 54.0 Å². The number of hydrogen-bond acceptors (Lipinski definition) is 8. The highest BCUT2D eigenvalue weighted by atomic mass is 32.2. The zero-order chi connectivity index (χ0) is 26.0. The molecule has 1 unspecified atom stereocenters. The zero-order valence-electron chi connectivity index (χ0n) is 19.4. The molecule has 3 aromatic rings. The van der Waals surface area contributed by atoms with Crippen LogP contribution in [0.3, 0.4) is 0 Å². The third-order valence-electron chi connectivity index (χ3n) is 5.69. The van der Waals surface area contributed by atoms with Gasteiger partial charge in [-0.2, -0.15) is 27.8 Å². The van der Waals surface area contributed by atoms with E-state index in [9.17, 15) is 27.7 Å². The van der Waals surface area contributed by atoms with Gasteiger partial charge in [-0.25, -0.2) is 8.70 Å². The molecule has 188 valence electrons. The maximum atomic E-state index is 13.3. The highest BCUT2D eigenvalue weighted by Gasteiger charge is 2.39. The number of nitriles is 1. The summed E-state index contributed by atoms with van der Waals surface area (Å²) in [5.74, 6) is -1.53. The van der Waals surface area contributed by atoms with Gasteiger partial charge >= 0.3 is 10.2 Å². The lowest BCUT2D eigenvalue weighted by atomic mass is 9.94. The topological polar surface area (TPSA) is 116 Å². The number of amides is 1. The van der Waals surface area contributed by atoms with Gasteiger partial charge in [0.2, 0.25) is 5.91 Å². The third-order valence-corrected chi connectivity index (χ3v) is 9.51. The number of halogens is 1. The molecule has 1 aliphatic rings. The molecule has 36 heavy (non-hydrogen) atoms. The minimum absolute atomic E-state index is 0.0353. The molecule has 1 aliphatic heterocycles. The lowest BCUT2D eigenvalue weighted by molar-refractivity contribution is -0.128. The second-order valence-corrected chi connectivity index (χ2v) is 12.2. The van der Waals surface area contributed by atoms with E-state index in [1.807, 2.05) is 0 Å². The van der Waals surface area contributed by atoms with Gasteiger partial charge in [0.25, 0.3) is 5.91 Å². The van der Waals surface area contributed by atoms with E-state index in [0.717, 1.165) is 14.2 Å². The Balaban J connectivity index is 1.74. The Labute approximate surface area is 216 Å². The predicted octanol–water partition coefficient (Wildman–Crippen LogP) is 3.45. The first-order chi connectivity index (χ1) is 17.1. The molecule has 0 radical (unpaired) electrons. The number of carbonyl (C=O) groups is 2. The van der Waals surface area contributed by atoms with Crippen LogP contribution in [0.2, 0.25) is 0 Å². The summed E-state index contributed by atoms with van der Waals surface area (Å²) in [4.78, 5) is 26.2. The van der Waals surface area contributed by atoms with Gasteiger partial charge in [0.15, 0.2) is 0 Å². The van der Waals surface area contributed by atoms with Crippen LogP contribution >= 0.6 is 23.1 Å². The molecule has 1 atom stereocenters. The number of carbonyl (C=O) groups excluding carboxylic acids is 2. The maximum absolute atomic E-state index is 13.3. The molecule has 1 fully saturated rings. The average Bonchev–Trinajstić information content (AvgIpc) is 3.52. The normalized spacial score (nSPS) is 16.4. The molecular weight excluding hydrogens is 525 g/mol. The molecule has 4 rings (SSSR count). The number of thioether (sulfide) groups is 1. The van der Waals surface area contributed by atoms with Gasteiger partial charge in [-0.15, -0.1) is 23.1 Å². The van der Waals surface area contributed by atoms with E-state index in [0.29, 0.717) is 22.1 Å². The van der Waals surface area contributed by atoms with Crippen molar-refractivity contribution >= 4 is 45.1 Å². The molecule has 0 aliphatic carbocycles. The predicted molar refractivity (Wildman–Crippen MR) is 133 cm³/mol. The van der Waals surface area contributed by atoms with Crippen molar-refractivity contribution in [3.05, 3.63) is 69.3 Å². The summed E-state index contributed by atoms with van der Waals surface area (Å²) in [7, 11) is -1.34. The SMILES string of the molecule is CN(C)S(=O)(=O)N1CC(c2nn(C(=O)c3cccs3)c(SCc3ccc(F)cc3)c2C#N)CCC1=O. The number of nitrogens with zero attached hydrogens (tertiary/aromatic N) is 5. The highest BCUT2D eigenvalue weighted by molar-refractivity contribution is 7.98. The molecule has 0 bridgehead atoms. The summed E-state index contributed by atoms with van der Waals surface area (Å²) < 4.78 is 41.7. The molecule has 0 saturated carbocycles. The minimum atomic E-state index is -4.02. The molecule has 9 nitrogen and oxygen atoms in total. The first-order valence-electron chi connectivity index (χ1n) is 10.8. The Morgan fingerprint density at radius 3 is 2.64 bits per heavy atom. The van der Waals surface area contributed by atoms with E-state index in [-0.39, 0.29) is 30.0 Å². The van der Waals surface area contributed by atoms with Gasteiger partial charge < -0.3 is 0 Å². The number of piperidine rings is 1. The molecular formula is C23H22FN5O4S3. The molecule has 1 saturated heterocycles.